The van der Waals surface area contributed by atoms with E-state index in [2.05, 4.69) is 40.0 Å². The van der Waals surface area contributed by atoms with Gasteiger partial charge in [-0.05, 0) is 33.3 Å². The highest BCUT2D eigenvalue weighted by atomic mass is 15.3. The molecule has 0 aromatic heterocycles. The van der Waals surface area contributed by atoms with Gasteiger partial charge in [0.15, 0.2) is 0 Å². The third-order valence-electron chi connectivity index (χ3n) is 2.55. The lowest BCUT2D eigenvalue weighted by Gasteiger charge is -2.31. The Bertz CT molecular complexity index is 104. The fourth-order valence-electron chi connectivity index (χ4n) is 1.32. The van der Waals surface area contributed by atoms with Crippen LogP contribution in [0.4, 0.5) is 0 Å². The van der Waals surface area contributed by atoms with Crippen LogP contribution >= 0.6 is 0 Å². The van der Waals surface area contributed by atoms with Crippen molar-refractivity contribution in [3.8, 4) is 0 Å². The Kier molecular flexibility index (Phi) is 5.22. The first-order chi connectivity index (χ1) is 5.24. The minimum Gasteiger partial charge on any atom is -0.298 e. The van der Waals surface area contributed by atoms with E-state index in [0.717, 1.165) is 10.9 Å². The van der Waals surface area contributed by atoms with E-state index in [9.17, 15) is 0 Å². The summed E-state index contributed by atoms with van der Waals surface area (Å²) in [5.41, 5.74) is 0. The molecule has 1 heteroatoms. The zero-order chi connectivity index (χ0) is 8.74. The van der Waals surface area contributed by atoms with E-state index in [1.807, 2.05) is 0 Å². The second kappa shape index (κ2) is 5.36. The van der Waals surface area contributed by atoms with Crippen molar-refractivity contribution in [3.05, 3.63) is 12.3 Å². The maximum absolute atomic E-state index is 2.35. The van der Waals surface area contributed by atoms with Gasteiger partial charge in [0, 0.05) is 0 Å². The molecule has 0 unspecified atom stereocenters. The molecule has 0 rings (SSSR count). The number of nitrogens with zero attached hydrogens (tertiary/aromatic N) is 1. The van der Waals surface area contributed by atoms with Crippen LogP contribution in [-0.4, -0.2) is 24.1 Å². The lowest BCUT2D eigenvalue weighted by Crippen LogP contribution is -2.41. The van der Waals surface area contributed by atoms with Gasteiger partial charge in [0.1, 0.15) is 0 Å². The SMILES string of the molecule is CC/C=C/[N+](CC)(CC)CC. The fourth-order valence-corrected chi connectivity index (χ4v) is 1.32. The van der Waals surface area contributed by atoms with Gasteiger partial charge in [-0.1, -0.05) is 6.92 Å². The van der Waals surface area contributed by atoms with Crippen LogP contribution in [0, 0.1) is 0 Å². The van der Waals surface area contributed by atoms with Crippen molar-refractivity contribution >= 4 is 0 Å². The number of quaternary nitrogens is 1. The highest BCUT2D eigenvalue weighted by Crippen LogP contribution is 2.06. The Morgan fingerprint density at radius 1 is 0.909 bits per heavy atom. The van der Waals surface area contributed by atoms with Crippen LogP contribution in [0.25, 0.3) is 0 Å². The van der Waals surface area contributed by atoms with Gasteiger partial charge in [-0.25, -0.2) is 0 Å². The van der Waals surface area contributed by atoms with Gasteiger partial charge in [0.05, 0.1) is 25.8 Å². The Hall–Kier alpha value is -0.300. The third kappa shape index (κ3) is 3.06. The van der Waals surface area contributed by atoms with Crippen LogP contribution in [-0.2, 0) is 0 Å². The molecule has 0 aliphatic heterocycles. The minimum atomic E-state index is 1.13. The molecule has 0 saturated carbocycles. The molecular formula is C10H22N+. The smallest absolute Gasteiger partial charge is 0.0917 e. The summed E-state index contributed by atoms with van der Waals surface area (Å²) < 4.78 is 1.13. The second-order valence-corrected chi connectivity index (χ2v) is 2.96. The molecule has 0 aromatic carbocycles. The largest absolute Gasteiger partial charge is 0.298 e. The van der Waals surface area contributed by atoms with E-state index in [-0.39, 0.29) is 0 Å². The molecule has 0 bridgehead atoms. The molecule has 0 aliphatic rings. The van der Waals surface area contributed by atoms with E-state index >= 15 is 0 Å². The molecule has 66 valence electrons. The summed E-state index contributed by atoms with van der Waals surface area (Å²) in [4.78, 5) is 0. The summed E-state index contributed by atoms with van der Waals surface area (Å²) in [6, 6.07) is 0. The molecule has 0 saturated heterocycles. The summed E-state index contributed by atoms with van der Waals surface area (Å²) in [7, 11) is 0. The van der Waals surface area contributed by atoms with E-state index in [1.54, 1.807) is 0 Å². The van der Waals surface area contributed by atoms with Gasteiger partial charge in [0.2, 0.25) is 0 Å². The fraction of sp³-hybridized carbons (Fsp3) is 0.800. The van der Waals surface area contributed by atoms with E-state index < -0.39 is 0 Å². The highest BCUT2D eigenvalue weighted by molar-refractivity contribution is 4.72. The van der Waals surface area contributed by atoms with Crippen LogP contribution in [0.1, 0.15) is 34.1 Å². The van der Waals surface area contributed by atoms with Crippen molar-refractivity contribution in [3.63, 3.8) is 0 Å². The van der Waals surface area contributed by atoms with Gasteiger partial charge in [0.25, 0.3) is 0 Å². The Morgan fingerprint density at radius 3 is 1.64 bits per heavy atom. The molecular weight excluding hydrogens is 134 g/mol. The van der Waals surface area contributed by atoms with Gasteiger partial charge >= 0.3 is 0 Å². The van der Waals surface area contributed by atoms with Crippen LogP contribution in [0.15, 0.2) is 12.3 Å². The first-order valence-electron chi connectivity index (χ1n) is 4.78. The van der Waals surface area contributed by atoms with E-state index in [0.29, 0.717) is 0 Å². The summed E-state index contributed by atoms with van der Waals surface area (Å²) in [6.45, 7) is 12.6. The molecule has 0 spiro atoms. The standard InChI is InChI=1S/C10H22N/c1-5-9-10-11(6-2,7-3)8-4/h9-10H,5-8H2,1-4H3/q+1/b10-9+. The number of allylic oxidation sites excluding steroid dienone is 1. The van der Waals surface area contributed by atoms with E-state index in [4.69, 9.17) is 0 Å². The van der Waals surface area contributed by atoms with Gasteiger partial charge in [-0.15, -0.1) is 0 Å². The molecule has 0 aromatic rings. The average molecular weight is 156 g/mol. The topological polar surface area (TPSA) is 0 Å². The molecule has 1 nitrogen and oxygen atoms in total. The monoisotopic (exact) mass is 156 g/mol. The molecule has 0 amide bonds. The van der Waals surface area contributed by atoms with Crippen molar-refractivity contribution < 1.29 is 4.48 Å². The summed E-state index contributed by atoms with van der Waals surface area (Å²) in [5.74, 6) is 0. The minimum absolute atomic E-state index is 1.13. The molecule has 0 radical (unpaired) electrons. The van der Waals surface area contributed by atoms with Crippen LogP contribution in [0.3, 0.4) is 0 Å². The molecule has 0 heterocycles. The van der Waals surface area contributed by atoms with Crippen LogP contribution < -0.4 is 0 Å². The molecule has 11 heavy (non-hydrogen) atoms. The maximum Gasteiger partial charge on any atom is 0.0917 e. The number of rotatable bonds is 5. The predicted octanol–water partition coefficient (Wildman–Crippen LogP) is 2.79. The van der Waals surface area contributed by atoms with E-state index in [1.165, 1.54) is 19.6 Å². The first kappa shape index (κ1) is 10.7. The normalized spacial score (nSPS) is 12.7. The van der Waals surface area contributed by atoms with Gasteiger partial charge < -0.3 is 0 Å². The molecule has 0 aliphatic carbocycles. The summed E-state index contributed by atoms with van der Waals surface area (Å²) in [5, 5.41) is 0. The zero-order valence-electron chi connectivity index (χ0n) is 8.43. The van der Waals surface area contributed by atoms with Crippen molar-refractivity contribution in [2.45, 2.75) is 34.1 Å². The second-order valence-electron chi connectivity index (χ2n) is 2.96. The Balaban J connectivity index is 4.16. The third-order valence-corrected chi connectivity index (χ3v) is 2.55. The van der Waals surface area contributed by atoms with Crippen molar-refractivity contribution in [2.24, 2.45) is 0 Å². The summed E-state index contributed by atoms with van der Waals surface area (Å²) in [6.07, 6.45) is 5.77. The predicted molar refractivity (Wildman–Crippen MR) is 51.3 cm³/mol. The lowest BCUT2D eigenvalue weighted by molar-refractivity contribution is -0.874. The van der Waals surface area contributed by atoms with Crippen LogP contribution in [0.5, 0.6) is 0 Å². The van der Waals surface area contributed by atoms with Crippen molar-refractivity contribution in [2.75, 3.05) is 19.6 Å². The molecule has 0 fully saturated rings. The van der Waals surface area contributed by atoms with Gasteiger partial charge in [-0.2, -0.15) is 0 Å². The van der Waals surface area contributed by atoms with Gasteiger partial charge in [-0.3, -0.25) is 4.48 Å². The number of hydrogen-bond donors (Lipinski definition) is 0. The van der Waals surface area contributed by atoms with Crippen molar-refractivity contribution in [1.29, 1.82) is 0 Å². The quantitative estimate of drug-likeness (QED) is 0.537. The zero-order valence-corrected chi connectivity index (χ0v) is 8.43. The van der Waals surface area contributed by atoms with Crippen LogP contribution in [0.2, 0.25) is 0 Å². The Morgan fingerprint density at radius 2 is 1.36 bits per heavy atom. The van der Waals surface area contributed by atoms with Crippen molar-refractivity contribution in [1.82, 2.24) is 0 Å². The average Bonchev–Trinajstić information content (AvgIpc) is 2.08. The summed E-state index contributed by atoms with van der Waals surface area (Å²) >= 11 is 0. The highest BCUT2D eigenvalue weighted by Gasteiger charge is 2.15. The first-order valence-corrected chi connectivity index (χ1v) is 4.78. The number of hydrogen-bond acceptors (Lipinski definition) is 0. The maximum atomic E-state index is 2.35. The Labute approximate surface area is 71.3 Å². The lowest BCUT2D eigenvalue weighted by atomic mass is 10.3. The molecule has 0 atom stereocenters. The molecule has 0 N–H and O–H groups in total.